The molecule has 1 aromatic carbocycles. The second-order valence-corrected chi connectivity index (χ2v) is 3.54. The molecule has 0 saturated carbocycles. The summed E-state index contributed by atoms with van der Waals surface area (Å²) in [7, 11) is 0. The van der Waals surface area contributed by atoms with E-state index in [-0.39, 0.29) is 5.69 Å². The monoisotopic (exact) mass is 289 g/mol. The predicted octanol–water partition coefficient (Wildman–Crippen LogP) is 0.623. The van der Waals surface area contributed by atoms with Gasteiger partial charge in [-0.05, 0) is 18.2 Å². The van der Waals surface area contributed by atoms with Crippen molar-refractivity contribution < 1.29 is 23.1 Å². The highest BCUT2D eigenvalue weighted by molar-refractivity contribution is 5.94. The fourth-order valence-electron chi connectivity index (χ4n) is 1.31. The van der Waals surface area contributed by atoms with E-state index in [2.05, 4.69) is 9.98 Å². The van der Waals surface area contributed by atoms with E-state index in [9.17, 15) is 18.0 Å². The van der Waals surface area contributed by atoms with Crippen molar-refractivity contribution in [3.8, 4) is 0 Å². The zero-order valence-electron chi connectivity index (χ0n) is 9.85. The Bertz CT molecular complexity index is 591. The highest BCUT2D eigenvalue weighted by Crippen LogP contribution is 2.34. The number of benzene rings is 1. The van der Waals surface area contributed by atoms with E-state index in [1.54, 1.807) is 0 Å². The van der Waals surface area contributed by atoms with Crippen molar-refractivity contribution in [1.82, 2.24) is 0 Å². The summed E-state index contributed by atoms with van der Waals surface area (Å²) in [6, 6.07) is 2.36. The maximum Gasteiger partial charge on any atom is 0.417 e. The molecule has 1 rings (SSSR count). The van der Waals surface area contributed by atoms with Crippen molar-refractivity contribution in [2.75, 3.05) is 0 Å². The van der Waals surface area contributed by atoms with Crippen LogP contribution in [0.3, 0.4) is 0 Å². The zero-order valence-corrected chi connectivity index (χ0v) is 9.85. The van der Waals surface area contributed by atoms with Crippen LogP contribution in [0.25, 0.3) is 0 Å². The first-order valence-corrected chi connectivity index (χ1v) is 4.99. The van der Waals surface area contributed by atoms with E-state index in [1.807, 2.05) is 0 Å². The fraction of sp³-hybridized carbons (Fsp3) is 0.100. The van der Waals surface area contributed by atoms with Gasteiger partial charge in [0.2, 0.25) is 5.96 Å². The van der Waals surface area contributed by atoms with Crippen molar-refractivity contribution in [3.63, 3.8) is 0 Å². The average Bonchev–Trinajstić information content (AvgIpc) is 2.25. The molecule has 0 heterocycles. The Balaban J connectivity index is 3.34. The summed E-state index contributed by atoms with van der Waals surface area (Å²) in [6.45, 7) is 0. The minimum absolute atomic E-state index is 0.232. The number of aromatic carboxylic acids is 1. The van der Waals surface area contributed by atoms with Gasteiger partial charge in [-0.25, -0.2) is 9.79 Å². The Morgan fingerprint density at radius 3 is 2.25 bits per heavy atom. The molecule has 0 amide bonds. The summed E-state index contributed by atoms with van der Waals surface area (Å²) in [4.78, 5) is 17.6. The molecule has 0 aromatic heterocycles. The van der Waals surface area contributed by atoms with E-state index in [4.69, 9.17) is 22.3 Å². The van der Waals surface area contributed by atoms with Gasteiger partial charge in [0.1, 0.15) is 0 Å². The van der Waals surface area contributed by atoms with Gasteiger partial charge in [-0.1, -0.05) is 0 Å². The molecule has 0 saturated heterocycles. The Morgan fingerprint density at radius 1 is 1.20 bits per heavy atom. The van der Waals surface area contributed by atoms with Gasteiger partial charge in [-0.15, -0.1) is 0 Å². The molecule has 20 heavy (non-hydrogen) atoms. The van der Waals surface area contributed by atoms with E-state index < -0.39 is 35.2 Å². The third-order valence-electron chi connectivity index (χ3n) is 2.03. The summed E-state index contributed by atoms with van der Waals surface area (Å²) >= 11 is 0. The molecule has 0 aliphatic carbocycles. The van der Waals surface area contributed by atoms with Crippen molar-refractivity contribution >= 4 is 23.6 Å². The van der Waals surface area contributed by atoms with Crippen molar-refractivity contribution in [2.45, 2.75) is 6.18 Å². The minimum Gasteiger partial charge on any atom is -0.478 e. The molecule has 1 aromatic rings. The van der Waals surface area contributed by atoms with Gasteiger partial charge < -0.3 is 22.3 Å². The van der Waals surface area contributed by atoms with E-state index in [0.717, 1.165) is 12.1 Å². The average molecular weight is 289 g/mol. The van der Waals surface area contributed by atoms with Gasteiger partial charge in [0.15, 0.2) is 5.96 Å². The van der Waals surface area contributed by atoms with Crippen LogP contribution >= 0.6 is 0 Å². The van der Waals surface area contributed by atoms with Crippen LogP contribution in [-0.4, -0.2) is 23.0 Å². The summed E-state index contributed by atoms with van der Waals surface area (Å²) < 4.78 is 38.2. The minimum atomic E-state index is -4.84. The molecule has 10 heteroatoms. The molecule has 0 fully saturated rings. The normalized spacial score (nSPS) is 12.1. The Hall–Kier alpha value is -2.78. The highest BCUT2D eigenvalue weighted by Gasteiger charge is 2.35. The second-order valence-electron chi connectivity index (χ2n) is 3.54. The number of aliphatic imine (C=N–C) groups is 2. The molecule has 0 unspecified atom stereocenters. The molecule has 0 aliphatic heterocycles. The number of nitrogens with two attached hydrogens (primary N) is 3. The van der Waals surface area contributed by atoms with Crippen molar-refractivity contribution in [2.24, 2.45) is 27.2 Å². The lowest BCUT2D eigenvalue weighted by molar-refractivity contribution is -0.138. The quantitative estimate of drug-likeness (QED) is 0.466. The van der Waals surface area contributed by atoms with Crippen LogP contribution in [0.4, 0.5) is 18.9 Å². The topological polar surface area (TPSA) is 140 Å². The fourth-order valence-corrected chi connectivity index (χ4v) is 1.31. The van der Waals surface area contributed by atoms with Crippen LogP contribution in [0.5, 0.6) is 0 Å². The standard InChI is InChI=1S/C10H10F3N5O2/c11-10(12,13)6-3-4(1-2-5(6)7(19)20)17-9(16)18-8(14)15/h1-3H,(H,19,20)(H6,14,15,16,17,18). The molecule has 0 aliphatic rings. The summed E-state index contributed by atoms with van der Waals surface area (Å²) in [6.07, 6.45) is -4.84. The third-order valence-corrected chi connectivity index (χ3v) is 2.03. The molecular weight excluding hydrogens is 279 g/mol. The van der Waals surface area contributed by atoms with Crippen LogP contribution in [0.2, 0.25) is 0 Å². The van der Waals surface area contributed by atoms with Gasteiger partial charge >= 0.3 is 12.1 Å². The van der Waals surface area contributed by atoms with Crippen LogP contribution in [-0.2, 0) is 6.18 Å². The Morgan fingerprint density at radius 2 is 1.80 bits per heavy atom. The first-order chi connectivity index (χ1) is 9.11. The van der Waals surface area contributed by atoms with E-state index in [1.165, 1.54) is 0 Å². The highest BCUT2D eigenvalue weighted by atomic mass is 19.4. The molecule has 7 nitrogen and oxygen atoms in total. The number of rotatable bonds is 2. The maximum absolute atomic E-state index is 12.7. The van der Waals surface area contributed by atoms with Gasteiger partial charge in [-0.3, -0.25) is 0 Å². The number of hydrogen-bond acceptors (Lipinski definition) is 2. The number of carboxylic acid groups (broad SMARTS) is 1. The number of halogens is 3. The third kappa shape index (κ3) is 3.86. The molecule has 0 radical (unpaired) electrons. The molecule has 0 bridgehead atoms. The van der Waals surface area contributed by atoms with Gasteiger partial charge in [0.25, 0.3) is 0 Å². The molecule has 0 spiro atoms. The van der Waals surface area contributed by atoms with Gasteiger partial charge in [0, 0.05) is 0 Å². The van der Waals surface area contributed by atoms with Gasteiger partial charge in [0.05, 0.1) is 16.8 Å². The van der Waals surface area contributed by atoms with Crippen LogP contribution in [0, 0.1) is 0 Å². The zero-order chi connectivity index (χ0) is 15.5. The summed E-state index contributed by atoms with van der Waals surface area (Å²) in [5, 5.41) is 8.71. The first kappa shape index (κ1) is 15.3. The SMILES string of the molecule is NC(N)=NC(N)=Nc1ccc(C(=O)O)c(C(F)(F)F)c1. The van der Waals surface area contributed by atoms with Crippen LogP contribution < -0.4 is 17.2 Å². The number of carbonyl (C=O) groups is 1. The predicted molar refractivity (Wildman–Crippen MR) is 65.5 cm³/mol. The van der Waals surface area contributed by atoms with E-state index in [0.29, 0.717) is 6.07 Å². The Kier molecular flexibility index (Phi) is 4.17. The number of nitrogens with zero attached hydrogens (tertiary/aromatic N) is 2. The largest absolute Gasteiger partial charge is 0.478 e. The summed E-state index contributed by atoms with van der Waals surface area (Å²) in [5.74, 6) is -2.57. The van der Waals surface area contributed by atoms with Crippen LogP contribution in [0.15, 0.2) is 28.2 Å². The number of guanidine groups is 2. The van der Waals surface area contributed by atoms with Gasteiger partial charge in [-0.2, -0.15) is 18.2 Å². The van der Waals surface area contributed by atoms with Crippen molar-refractivity contribution in [1.29, 1.82) is 0 Å². The molecule has 0 atom stereocenters. The number of alkyl halides is 3. The van der Waals surface area contributed by atoms with Crippen LogP contribution in [0.1, 0.15) is 15.9 Å². The first-order valence-electron chi connectivity index (χ1n) is 4.99. The lowest BCUT2D eigenvalue weighted by Crippen LogP contribution is -2.26. The lowest BCUT2D eigenvalue weighted by Gasteiger charge is -2.10. The second kappa shape index (κ2) is 5.47. The lowest BCUT2D eigenvalue weighted by atomic mass is 10.1. The van der Waals surface area contributed by atoms with Crippen molar-refractivity contribution in [3.05, 3.63) is 29.3 Å². The summed E-state index contributed by atoms with van der Waals surface area (Å²) in [5.41, 5.74) is 12.8. The molecule has 108 valence electrons. The smallest absolute Gasteiger partial charge is 0.417 e. The molecule has 7 N–H and O–H groups in total. The Labute approximate surface area is 110 Å². The molecular formula is C10H10F3N5O2. The van der Waals surface area contributed by atoms with E-state index >= 15 is 0 Å². The number of hydrogen-bond donors (Lipinski definition) is 4. The number of carboxylic acids is 1. The maximum atomic E-state index is 12.7.